The molecule has 0 unspecified atom stereocenters. The lowest BCUT2D eigenvalue weighted by molar-refractivity contribution is -0.127. The number of hydrogen-bond acceptors (Lipinski definition) is 3. The standard InChI is InChI=1S/C26H38N2O2/c1-26(2,25(27)29)17-20-9-7-19(8-10-20)11-14-28-15-12-21(13-16-28)23-18-30-24-6-4-3-5-22(23)24/h3-6,18-21H,7-17H2,1-2H3,(H2,27,29). The largest absolute Gasteiger partial charge is 0.464 e. The Morgan fingerprint density at radius 2 is 1.73 bits per heavy atom. The van der Waals surface area contributed by atoms with Crippen molar-refractivity contribution in [2.45, 2.75) is 71.1 Å². The molecule has 4 rings (SSSR count). The Labute approximate surface area is 181 Å². The minimum atomic E-state index is -0.359. The summed E-state index contributed by atoms with van der Waals surface area (Å²) < 4.78 is 5.77. The summed E-state index contributed by atoms with van der Waals surface area (Å²) in [6, 6.07) is 8.42. The van der Waals surface area contributed by atoms with Gasteiger partial charge in [0.2, 0.25) is 5.91 Å². The van der Waals surface area contributed by atoms with Crippen LogP contribution in [-0.2, 0) is 4.79 Å². The van der Waals surface area contributed by atoms with E-state index in [0.29, 0.717) is 11.8 Å². The summed E-state index contributed by atoms with van der Waals surface area (Å²) in [5.74, 6) is 2.00. The average molecular weight is 411 g/mol. The van der Waals surface area contributed by atoms with Gasteiger partial charge in [-0.1, -0.05) is 57.7 Å². The van der Waals surface area contributed by atoms with Gasteiger partial charge in [0, 0.05) is 16.4 Å². The third-order valence-corrected chi connectivity index (χ3v) is 7.82. The van der Waals surface area contributed by atoms with Crippen LogP contribution in [0.15, 0.2) is 34.9 Å². The molecule has 30 heavy (non-hydrogen) atoms. The molecule has 164 valence electrons. The van der Waals surface area contributed by atoms with Gasteiger partial charge >= 0.3 is 0 Å². The number of likely N-dealkylation sites (tertiary alicyclic amines) is 1. The lowest BCUT2D eigenvalue weighted by atomic mass is 9.73. The van der Waals surface area contributed by atoms with Crippen LogP contribution in [0.1, 0.15) is 76.7 Å². The monoisotopic (exact) mass is 410 g/mol. The minimum Gasteiger partial charge on any atom is -0.464 e. The molecule has 2 fully saturated rings. The van der Waals surface area contributed by atoms with E-state index in [-0.39, 0.29) is 11.3 Å². The van der Waals surface area contributed by atoms with Crippen LogP contribution in [0.25, 0.3) is 11.0 Å². The second kappa shape index (κ2) is 9.13. The highest BCUT2D eigenvalue weighted by Crippen LogP contribution is 2.38. The smallest absolute Gasteiger partial charge is 0.223 e. The maximum Gasteiger partial charge on any atom is 0.223 e. The predicted molar refractivity (Wildman–Crippen MR) is 122 cm³/mol. The van der Waals surface area contributed by atoms with Crippen molar-refractivity contribution in [1.29, 1.82) is 0 Å². The zero-order valence-electron chi connectivity index (χ0n) is 18.7. The van der Waals surface area contributed by atoms with Gasteiger partial charge in [0.15, 0.2) is 0 Å². The van der Waals surface area contributed by atoms with Crippen LogP contribution < -0.4 is 5.73 Å². The molecule has 0 spiro atoms. The van der Waals surface area contributed by atoms with Gasteiger partial charge in [0.1, 0.15) is 5.58 Å². The van der Waals surface area contributed by atoms with E-state index in [9.17, 15) is 4.79 Å². The molecule has 1 aliphatic carbocycles. The van der Waals surface area contributed by atoms with Gasteiger partial charge in [-0.15, -0.1) is 0 Å². The van der Waals surface area contributed by atoms with Crippen molar-refractivity contribution in [2.75, 3.05) is 19.6 Å². The fourth-order valence-corrected chi connectivity index (χ4v) is 5.69. The third-order valence-electron chi connectivity index (χ3n) is 7.82. The number of nitrogens with zero attached hydrogens (tertiary/aromatic N) is 1. The fraction of sp³-hybridized carbons (Fsp3) is 0.654. The molecule has 0 atom stereocenters. The average Bonchev–Trinajstić information content (AvgIpc) is 3.17. The normalized spacial score (nSPS) is 24.3. The maximum absolute atomic E-state index is 11.6. The number of fused-ring (bicyclic) bond motifs is 1. The van der Waals surface area contributed by atoms with Crippen LogP contribution >= 0.6 is 0 Å². The van der Waals surface area contributed by atoms with E-state index in [2.05, 4.69) is 23.1 Å². The second-order valence-electron chi connectivity index (χ2n) is 10.4. The summed E-state index contributed by atoms with van der Waals surface area (Å²) in [5.41, 5.74) is 7.63. The highest BCUT2D eigenvalue weighted by Gasteiger charge is 2.31. The van der Waals surface area contributed by atoms with Crippen LogP contribution in [0, 0.1) is 17.3 Å². The first-order valence-corrected chi connectivity index (χ1v) is 11.9. The molecule has 2 aromatic rings. The summed E-state index contributed by atoms with van der Waals surface area (Å²) in [5, 5.41) is 1.30. The topological polar surface area (TPSA) is 59.5 Å². The fourth-order valence-electron chi connectivity index (χ4n) is 5.69. The van der Waals surface area contributed by atoms with E-state index < -0.39 is 0 Å². The maximum atomic E-state index is 11.6. The van der Waals surface area contributed by atoms with Gasteiger partial charge in [-0.2, -0.15) is 0 Å². The zero-order chi connectivity index (χ0) is 21.1. The Bertz CT molecular complexity index is 840. The number of piperidine rings is 1. The van der Waals surface area contributed by atoms with Gasteiger partial charge in [0.25, 0.3) is 0 Å². The Kier molecular flexibility index (Phi) is 6.52. The Morgan fingerprint density at radius 1 is 1.07 bits per heavy atom. The Hall–Kier alpha value is -1.81. The van der Waals surface area contributed by atoms with Crippen LogP contribution in [0.5, 0.6) is 0 Å². The van der Waals surface area contributed by atoms with E-state index in [1.165, 1.54) is 75.5 Å². The van der Waals surface area contributed by atoms with Crippen molar-refractivity contribution in [2.24, 2.45) is 23.0 Å². The molecule has 1 saturated carbocycles. The van der Waals surface area contributed by atoms with E-state index >= 15 is 0 Å². The summed E-state index contributed by atoms with van der Waals surface area (Å²) in [6.45, 7) is 7.63. The van der Waals surface area contributed by atoms with Crippen LogP contribution in [0.4, 0.5) is 0 Å². The number of para-hydroxylation sites is 1. The number of nitrogens with two attached hydrogens (primary N) is 1. The molecule has 4 nitrogen and oxygen atoms in total. The van der Waals surface area contributed by atoms with Crippen molar-refractivity contribution in [1.82, 2.24) is 4.90 Å². The van der Waals surface area contributed by atoms with E-state index in [1.807, 2.05) is 26.2 Å². The molecule has 4 heteroatoms. The molecule has 2 N–H and O–H groups in total. The number of carbonyl (C=O) groups excluding carboxylic acids is 1. The Morgan fingerprint density at radius 3 is 2.43 bits per heavy atom. The highest BCUT2D eigenvalue weighted by molar-refractivity contribution is 5.81. The SMILES string of the molecule is CC(C)(CC1CCC(CCN2CCC(c3coc4ccccc34)CC2)CC1)C(N)=O. The number of rotatable bonds is 7. The van der Waals surface area contributed by atoms with Crippen molar-refractivity contribution in [3.63, 3.8) is 0 Å². The molecular weight excluding hydrogens is 372 g/mol. The van der Waals surface area contributed by atoms with Gasteiger partial charge in [0.05, 0.1) is 6.26 Å². The van der Waals surface area contributed by atoms with Crippen molar-refractivity contribution >= 4 is 16.9 Å². The number of primary amides is 1. The number of benzene rings is 1. The molecule has 1 amide bonds. The highest BCUT2D eigenvalue weighted by atomic mass is 16.3. The zero-order valence-corrected chi connectivity index (χ0v) is 18.7. The van der Waals surface area contributed by atoms with Gasteiger partial charge in [-0.25, -0.2) is 0 Å². The predicted octanol–water partition coefficient (Wildman–Crippen LogP) is 5.71. The summed E-state index contributed by atoms with van der Waals surface area (Å²) in [6.07, 6.45) is 11.9. The van der Waals surface area contributed by atoms with E-state index in [1.54, 1.807) is 0 Å². The van der Waals surface area contributed by atoms with Gasteiger partial charge < -0.3 is 15.1 Å². The van der Waals surface area contributed by atoms with E-state index in [4.69, 9.17) is 10.2 Å². The van der Waals surface area contributed by atoms with Crippen LogP contribution in [0.3, 0.4) is 0 Å². The summed E-state index contributed by atoms with van der Waals surface area (Å²) in [4.78, 5) is 14.3. The number of furan rings is 1. The van der Waals surface area contributed by atoms with Gasteiger partial charge in [-0.3, -0.25) is 4.79 Å². The number of hydrogen-bond donors (Lipinski definition) is 1. The third kappa shape index (κ3) is 4.91. The molecule has 1 aliphatic heterocycles. The Balaban J connectivity index is 1.18. The molecule has 0 radical (unpaired) electrons. The molecule has 2 heterocycles. The molecule has 1 aromatic heterocycles. The number of amides is 1. The second-order valence-corrected chi connectivity index (χ2v) is 10.4. The van der Waals surface area contributed by atoms with E-state index in [0.717, 1.165) is 17.9 Å². The number of carbonyl (C=O) groups is 1. The minimum absolute atomic E-state index is 0.156. The first-order valence-electron chi connectivity index (χ1n) is 11.9. The molecule has 1 aromatic carbocycles. The first kappa shape index (κ1) is 21.4. The lowest BCUT2D eigenvalue weighted by Gasteiger charge is -2.35. The lowest BCUT2D eigenvalue weighted by Crippen LogP contribution is -2.35. The molecule has 0 bridgehead atoms. The first-order chi connectivity index (χ1) is 14.4. The molecule has 1 saturated heterocycles. The quantitative estimate of drug-likeness (QED) is 0.636. The van der Waals surface area contributed by atoms with Gasteiger partial charge in [-0.05, 0) is 69.1 Å². The molecule has 2 aliphatic rings. The molecular formula is C26H38N2O2. The van der Waals surface area contributed by atoms with Crippen molar-refractivity contribution in [3.8, 4) is 0 Å². The van der Waals surface area contributed by atoms with Crippen LogP contribution in [0.2, 0.25) is 0 Å². The van der Waals surface area contributed by atoms with Crippen molar-refractivity contribution in [3.05, 3.63) is 36.1 Å². The van der Waals surface area contributed by atoms with Crippen molar-refractivity contribution < 1.29 is 9.21 Å². The summed E-state index contributed by atoms with van der Waals surface area (Å²) in [7, 11) is 0. The van der Waals surface area contributed by atoms with Crippen LogP contribution in [-0.4, -0.2) is 30.4 Å². The summed E-state index contributed by atoms with van der Waals surface area (Å²) >= 11 is 0.